The number of phenolic OH excluding ortho intramolecular Hbond substituents is 1. The number of amides is 1. The summed E-state index contributed by atoms with van der Waals surface area (Å²) in [5, 5.41) is 25.4. The summed E-state index contributed by atoms with van der Waals surface area (Å²) in [4.78, 5) is 12.0. The number of hydrogen-bond donors (Lipinski definition) is 3. The molecular formula is C15H13N3O2. The maximum Gasteiger partial charge on any atom is 0.267 e. The number of aromatic hydroxyl groups is 1. The van der Waals surface area contributed by atoms with Crippen molar-refractivity contribution in [1.29, 1.82) is 5.26 Å². The topological polar surface area (TPSA) is 85.2 Å². The van der Waals surface area contributed by atoms with E-state index in [9.17, 15) is 9.90 Å². The number of fused-ring (bicyclic) bond motifs is 1. The lowest BCUT2D eigenvalue weighted by Gasteiger charge is -2.09. The molecule has 0 radical (unpaired) electrons. The molecule has 2 aromatic carbocycles. The van der Waals surface area contributed by atoms with Crippen molar-refractivity contribution in [2.45, 2.75) is 0 Å². The van der Waals surface area contributed by atoms with E-state index in [1.807, 2.05) is 6.07 Å². The Morgan fingerprint density at radius 3 is 2.65 bits per heavy atom. The number of nitriles is 1. The van der Waals surface area contributed by atoms with Gasteiger partial charge in [-0.05, 0) is 12.1 Å². The summed E-state index contributed by atoms with van der Waals surface area (Å²) in [6.07, 6.45) is 1.33. The molecule has 0 aliphatic heterocycles. The van der Waals surface area contributed by atoms with Gasteiger partial charge in [0.05, 0.1) is 0 Å². The van der Waals surface area contributed by atoms with Crippen LogP contribution >= 0.6 is 0 Å². The standard InChI is InChI=1S/C15H13N3O2/c1-17-9-10(8-16)15(20)18-13-6-2-5-12-11(13)4-3-7-14(12)19/h2-7,9,17,19H,1H3,(H,18,20)/b10-9-. The Hall–Kier alpha value is -3.00. The molecule has 20 heavy (non-hydrogen) atoms. The molecule has 0 saturated heterocycles. The molecule has 0 spiro atoms. The zero-order valence-corrected chi connectivity index (χ0v) is 10.8. The van der Waals surface area contributed by atoms with Crippen LogP contribution in [-0.4, -0.2) is 18.1 Å². The number of nitrogens with zero attached hydrogens (tertiary/aromatic N) is 1. The lowest BCUT2D eigenvalue weighted by atomic mass is 10.1. The molecular weight excluding hydrogens is 254 g/mol. The summed E-state index contributed by atoms with van der Waals surface area (Å²) in [5.41, 5.74) is 0.519. The fourth-order valence-electron chi connectivity index (χ4n) is 1.88. The van der Waals surface area contributed by atoms with Crippen molar-refractivity contribution in [3.63, 3.8) is 0 Å². The van der Waals surface area contributed by atoms with Gasteiger partial charge in [0.1, 0.15) is 17.4 Å². The van der Waals surface area contributed by atoms with Crippen LogP contribution in [0.15, 0.2) is 48.2 Å². The first kappa shape index (κ1) is 13.4. The van der Waals surface area contributed by atoms with Crippen LogP contribution in [0.25, 0.3) is 10.8 Å². The van der Waals surface area contributed by atoms with Gasteiger partial charge in [-0.1, -0.05) is 24.3 Å². The fraction of sp³-hybridized carbons (Fsp3) is 0.0667. The average molecular weight is 267 g/mol. The van der Waals surface area contributed by atoms with Crippen molar-refractivity contribution in [3.05, 3.63) is 48.2 Å². The zero-order valence-electron chi connectivity index (χ0n) is 10.8. The highest BCUT2D eigenvalue weighted by molar-refractivity contribution is 6.11. The second kappa shape index (κ2) is 5.76. The van der Waals surface area contributed by atoms with Gasteiger partial charge in [-0.3, -0.25) is 4.79 Å². The van der Waals surface area contributed by atoms with E-state index in [1.54, 1.807) is 43.4 Å². The second-order valence-electron chi connectivity index (χ2n) is 4.09. The second-order valence-corrected chi connectivity index (χ2v) is 4.09. The van der Waals surface area contributed by atoms with E-state index in [0.717, 1.165) is 0 Å². The summed E-state index contributed by atoms with van der Waals surface area (Å²) in [6.45, 7) is 0. The lowest BCUT2D eigenvalue weighted by Crippen LogP contribution is -2.15. The van der Waals surface area contributed by atoms with E-state index < -0.39 is 5.91 Å². The Labute approximate surface area is 116 Å². The first-order valence-corrected chi connectivity index (χ1v) is 5.97. The van der Waals surface area contributed by atoms with E-state index in [1.165, 1.54) is 6.20 Å². The summed E-state index contributed by atoms with van der Waals surface area (Å²) >= 11 is 0. The summed E-state index contributed by atoms with van der Waals surface area (Å²) in [7, 11) is 1.61. The molecule has 0 aliphatic carbocycles. The average Bonchev–Trinajstić information content (AvgIpc) is 2.45. The molecule has 3 N–H and O–H groups in total. The lowest BCUT2D eigenvalue weighted by molar-refractivity contribution is -0.112. The van der Waals surface area contributed by atoms with E-state index in [2.05, 4.69) is 10.6 Å². The van der Waals surface area contributed by atoms with Gasteiger partial charge in [-0.2, -0.15) is 5.26 Å². The highest BCUT2D eigenvalue weighted by Gasteiger charge is 2.11. The SMILES string of the molecule is CN/C=C(/C#N)C(=O)Nc1cccc2c(O)cccc12. The smallest absolute Gasteiger partial charge is 0.267 e. The van der Waals surface area contributed by atoms with E-state index in [0.29, 0.717) is 16.5 Å². The number of rotatable bonds is 3. The van der Waals surface area contributed by atoms with Crippen LogP contribution in [-0.2, 0) is 4.79 Å². The van der Waals surface area contributed by atoms with Crippen molar-refractivity contribution in [3.8, 4) is 11.8 Å². The zero-order chi connectivity index (χ0) is 14.5. The first-order chi connectivity index (χ1) is 9.67. The largest absolute Gasteiger partial charge is 0.507 e. The summed E-state index contributed by atoms with van der Waals surface area (Å²) in [6, 6.07) is 12.1. The third-order valence-corrected chi connectivity index (χ3v) is 2.80. The van der Waals surface area contributed by atoms with Crippen LogP contribution < -0.4 is 10.6 Å². The molecule has 0 heterocycles. The number of carbonyl (C=O) groups excluding carboxylic acids is 1. The van der Waals surface area contributed by atoms with E-state index >= 15 is 0 Å². The van der Waals surface area contributed by atoms with Crippen LogP contribution in [0, 0.1) is 11.3 Å². The Kier molecular flexibility index (Phi) is 3.87. The molecule has 100 valence electrons. The minimum Gasteiger partial charge on any atom is -0.507 e. The van der Waals surface area contributed by atoms with Gasteiger partial charge >= 0.3 is 0 Å². The van der Waals surface area contributed by atoms with Gasteiger partial charge in [-0.25, -0.2) is 0 Å². The maximum atomic E-state index is 12.0. The normalized spacial score (nSPS) is 10.9. The number of phenols is 1. The molecule has 0 saturated carbocycles. The Morgan fingerprint density at radius 2 is 1.95 bits per heavy atom. The molecule has 0 unspecified atom stereocenters. The summed E-state index contributed by atoms with van der Waals surface area (Å²) < 4.78 is 0. The van der Waals surface area contributed by atoms with Crippen LogP contribution in [0.1, 0.15) is 0 Å². The molecule has 2 rings (SSSR count). The molecule has 0 atom stereocenters. The van der Waals surface area contributed by atoms with Crippen molar-refractivity contribution >= 4 is 22.4 Å². The van der Waals surface area contributed by atoms with Crippen LogP contribution in [0.4, 0.5) is 5.69 Å². The molecule has 5 nitrogen and oxygen atoms in total. The monoisotopic (exact) mass is 267 g/mol. The predicted octanol–water partition coefficient (Wildman–Crippen LogP) is 2.11. The highest BCUT2D eigenvalue weighted by atomic mass is 16.3. The van der Waals surface area contributed by atoms with Crippen molar-refractivity contribution in [2.75, 3.05) is 12.4 Å². The maximum absolute atomic E-state index is 12.0. The fourth-order valence-corrected chi connectivity index (χ4v) is 1.88. The van der Waals surface area contributed by atoms with Gasteiger partial charge in [0, 0.05) is 29.7 Å². The number of hydrogen-bond acceptors (Lipinski definition) is 4. The Balaban J connectivity index is 2.41. The number of carbonyl (C=O) groups is 1. The van der Waals surface area contributed by atoms with Crippen molar-refractivity contribution in [2.24, 2.45) is 0 Å². The van der Waals surface area contributed by atoms with Crippen LogP contribution in [0.3, 0.4) is 0 Å². The number of benzene rings is 2. The van der Waals surface area contributed by atoms with Gasteiger partial charge < -0.3 is 15.7 Å². The molecule has 0 fully saturated rings. The number of nitrogens with one attached hydrogen (secondary N) is 2. The molecule has 2 aromatic rings. The van der Waals surface area contributed by atoms with E-state index in [-0.39, 0.29) is 11.3 Å². The predicted molar refractivity (Wildman–Crippen MR) is 77.0 cm³/mol. The van der Waals surface area contributed by atoms with Crippen molar-refractivity contribution < 1.29 is 9.90 Å². The molecule has 0 bridgehead atoms. The highest BCUT2D eigenvalue weighted by Crippen LogP contribution is 2.29. The van der Waals surface area contributed by atoms with E-state index in [4.69, 9.17) is 5.26 Å². The quantitative estimate of drug-likeness (QED) is 0.587. The third-order valence-electron chi connectivity index (χ3n) is 2.80. The minimum absolute atomic E-state index is 0.0235. The van der Waals surface area contributed by atoms with Crippen LogP contribution in [0.5, 0.6) is 5.75 Å². The first-order valence-electron chi connectivity index (χ1n) is 5.97. The van der Waals surface area contributed by atoms with Gasteiger partial charge in [0.25, 0.3) is 5.91 Å². The van der Waals surface area contributed by atoms with Crippen molar-refractivity contribution in [1.82, 2.24) is 5.32 Å². The van der Waals surface area contributed by atoms with Gasteiger partial charge in [-0.15, -0.1) is 0 Å². The Bertz CT molecular complexity index is 729. The molecule has 5 heteroatoms. The van der Waals surface area contributed by atoms with Gasteiger partial charge in [0.15, 0.2) is 0 Å². The minimum atomic E-state index is -0.502. The summed E-state index contributed by atoms with van der Waals surface area (Å²) in [5.74, 6) is -0.359. The Morgan fingerprint density at radius 1 is 1.25 bits per heavy atom. The molecule has 0 aromatic heterocycles. The molecule has 0 aliphatic rings. The number of anilines is 1. The van der Waals surface area contributed by atoms with Crippen LogP contribution in [0.2, 0.25) is 0 Å². The third kappa shape index (κ3) is 2.54. The van der Waals surface area contributed by atoms with Gasteiger partial charge in [0.2, 0.25) is 0 Å². The molecule has 1 amide bonds.